The number of benzene rings is 1. The first-order valence-electron chi connectivity index (χ1n) is 6.03. The number of carbonyl (C=O) groups is 1. The molecule has 0 heterocycles. The summed E-state index contributed by atoms with van der Waals surface area (Å²) in [6.07, 6.45) is 0. The molecule has 0 saturated heterocycles. The fourth-order valence-electron chi connectivity index (χ4n) is 1.43. The molecule has 0 radical (unpaired) electrons. The van der Waals surface area contributed by atoms with Crippen LogP contribution < -0.4 is 20.1 Å². The summed E-state index contributed by atoms with van der Waals surface area (Å²) < 4.78 is 22.6. The zero-order valence-electron chi connectivity index (χ0n) is 11.1. The molecule has 0 bridgehead atoms. The molecule has 2 amide bonds. The SMILES string of the molecule is COc1ccccc1OCC(C)NC(=O)NCCF. The van der Waals surface area contributed by atoms with Crippen LogP contribution in [-0.4, -0.2) is 39.0 Å². The molecule has 0 aliphatic rings. The van der Waals surface area contributed by atoms with Crippen LogP contribution in [0.15, 0.2) is 24.3 Å². The third kappa shape index (κ3) is 5.46. The van der Waals surface area contributed by atoms with Crippen LogP contribution in [0.2, 0.25) is 0 Å². The van der Waals surface area contributed by atoms with E-state index in [9.17, 15) is 9.18 Å². The molecule has 0 aliphatic heterocycles. The summed E-state index contributed by atoms with van der Waals surface area (Å²) in [4.78, 5) is 11.3. The van der Waals surface area contributed by atoms with Crippen LogP contribution in [0.1, 0.15) is 6.92 Å². The van der Waals surface area contributed by atoms with Crippen molar-refractivity contribution in [1.29, 1.82) is 0 Å². The summed E-state index contributed by atoms with van der Waals surface area (Å²) in [5.41, 5.74) is 0. The Morgan fingerprint density at radius 2 is 2.05 bits per heavy atom. The highest BCUT2D eigenvalue weighted by Gasteiger charge is 2.09. The Hall–Kier alpha value is -1.98. The van der Waals surface area contributed by atoms with E-state index in [1.807, 2.05) is 12.1 Å². The fourth-order valence-corrected chi connectivity index (χ4v) is 1.43. The van der Waals surface area contributed by atoms with Crippen molar-refractivity contribution in [2.24, 2.45) is 0 Å². The molecule has 6 heteroatoms. The maximum atomic E-state index is 11.9. The van der Waals surface area contributed by atoms with Gasteiger partial charge in [0.05, 0.1) is 13.2 Å². The number of carbonyl (C=O) groups excluding carboxylic acids is 1. The van der Waals surface area contributed by atoms with Crippen LogP contribution in [0.25, 0.3) is 0 Å². The van der Waals surface area contributed by atoms with Gasteiger partial charge in [-0.3, -0.25) is 0 Å². The maximum absolute atomic E-state index is 11.9. The first kappa shape index (κ1) is 15.1. The van der Waals surface area contributed by atoms with Gasteiger partial charge < -0.3 is 20.1 Å². The molecule has 1 aromatic rings. The topological polar surface area (TPSA) is 59.6 Å². The molecular formula is C13H19FN2O3. The predicted molar refractivity (Wildman–Crippen MR) is 70.5 cm³/mol. The summed E-state index contributed by atoms with van der Waals surface area (Å²) in [6, 6.07) is 6.65. The third-order valence-electron chi connectivity index (χ3n) is 2.32. The van der Waals surface area contributed by atoms with Crippen molar-refractivity contribution in [3.63, 3.8) is 0 Å². The molecule has 0 aliphatic carbocycles. The van der Waals surface area contributed by atoms with Gasteiger partial charge >= 0.3 is 6.03 Å². The van der Waals surface area contributed by atoms with Gasteiger partial charge in [-0.1, -0.05) is 12.1 Å². The van der Waals surface area contributed by atoms with E-state index in [0.29, 0.717) is 18.1 Å². The first-order valence-corrected chi connectivity index (χ1v) is 6.03. The van der Waals surface area contributed by atoms with E-state index in [4.69, 9.17) is 9.47 Å². The minimum atomic E-state index is -0.584. The number of nitrogens with one attached hydrogen (secondary N) is 2. The van der Waals surface area contributed by atoms with Gasteiger partial charge in [-0.25, -0.2) is 9.18 Å². The van der Waals surface area contributed by atoms with Gasteiger partial charge in [-0.2, -0.15) is 0 Å². The molecule has 1 unspecified atom stereocenters. The van der Waals surface area contributed by atoms with Crippen molar-refractivity contribution >= 4 is 6.03 Å². The Labute approximate surface area is 112 Å². The molecule has 5 nitrogen and oxygen atoms in total. The number of para-hydroxylation sites is 2. The van der Waals surface area contributed by atoms with Crippen molar-refractivity contribution < 1.29 is 18.7 Å². The van der Waals surface area contributed by atoms with Crippen LogP contribution in [0.5, 0.6) is 11.5 Å². The third-order valence-corrected chi connectivity index (χ3v) is 2.32. The Balaban J connectivity index is 2.37. The van der Waals surface area contributed by atoms with Crippen LogP contribution in [0, 0.1) is 0 Å². The Morgan fingerprint density at radius 1 is 1.37 bits per heavy atom. The van der Waals surface area contributed by atoms with Crippen LogP contribution in [0.4, 0.5) is 9.18 Å². The summed E-state index contributed by atoms with van der Waals surface area (Å²) in [5, 5.41) is 5.02. The number of halogens is 1. The quantitative estimate of drug-likeness (QED) is 0.793. The van der Waals surface area contributed by atoms with Crippen molar-refractivity contribution in [3.05, 3.63) is 24.3 Å². The second kappa shape index (κ2) is 8.18. The highest BCUT2D eigenvalue weighted by Crippen LogP contribution is 2.25. The lowest BCUT2D eigenvalue weighted by molar-refractivity contribution is 0.223. The zero-order chi connectivity index (χ0) is 14.1. The standard InChI is InChI=1S/C13H19FN2O3/c1-10(16-13(17)15-8-7-14)9-19-12-6-4-3-5-11(12)18-2/h3-6,10H,7-9H2,1-2H3,(H2,15,16,17). The van der Waals surface area contributed by atoms with E-state index in [-0.39, 0.29) is 12.6 Å². The summed E-state index contributed by atoms with van der Waals surface area (Å²) >= 11 is 0. The Kier molecular flexibility index (Phi) is 6.49. The minimum absolute atomic E-state index is 0.00587. The zero-order valence-corrected chi connectivity index (χ0v) is 11.1. The number of rotatable bonds is 7. The predicted octanol–water partition coefficient (Wildman–Crippen LogP) is 1.73. The number of ether oxygens (including phenoxy) is 2. The van der Waals surface area contributed by atoms with Gasteiger partial charge in [0.1, 0.15) is 13.3 Å². The Morgan fingerprint density at radius 3 is 2.68 bits per heavy atom. The number of alkyl halides is 1. The van der Waals surface area contributed by atoms with E-state index in [2.05, 4.69) is 10.6 Å². The molecule has 19 heavy (non-hydrogen) atoms. The van der Waals surface area contributed by atoms with Gasteiger partial charge in [-0.15, -0.1) is 0 Å². The smallest absolute Gasteiger partial charge is 0.315 e. The van der Waals surface area contributed by atoms with Crippen LogP contribution in [0.3, 0.4) is 0 Å². The molecule has 0 fully saturated rings. The first-order chi connectivity index (χ1) is 9.17. The lowest BCUT2D eigenvalue weighted by Crippen LogP contribution is -2.43. The van der Waals surface area contributed by atoms with Crippen molar-refractivity contribution in [3.8, 4) is 11.5 Å². The largest absolute Gasteiger partial charge is 0.493 e. The second-order valence-corrected chi connectivity index (χ2v) is 3.95. The number of amides is 2. The van der Waals surface area contributed by atoms with Gasteiger partial charge in [0.25, 0.3) is 0 Å². The number of urea groups is 1. The van der Waals surface area contributed by atoms with E-state index in [1.54, 1.807) is 26.2 Å². The minimum Gasteiger partial charge on any atom is -0.493 e. The average molecular weight is 270 g/mol. The van der Waals surface area contributed by atoms with Crippen molar-refractivity contribution in [2.45, 2.75) is 13.0 Å². The summed E-state index contributed by atoms with van der Waals surface area (Å²) in [6.45, 7) is 1.51. The fraction of sp³-hybridized carbons (Fsp3) is 0.462. The van der Waals surface area contributed by atoms with Crippen LogP contribution in [-0.2, 0) is 0 Å². The highest BCUT2D eigenvalue weighted by atomic mass is 19.1. The number of hydrogen-bond donors (Lipinski definition) is 2. The lowest BCUT2D eigenvalue weighted by atomic mass is 10.3. The van der Waals surface area contributed by atoms with E-state index in [0.717, 1.165) is 0 Å². The normalized spacial score (nSPS) is 11.5. The second-order valence-electron chi connectivity index (χ2n) is 3.95. The van der Waals surface area contributed by atoms with E-state index >= 15 is 0 Å². The van der Waals surface area contributed by atoms with E-state index < -0.39 is 12.7 Å². The molecule has 2 N–H and O–H groups in total. The summed E-state index contributed by atoms with van der Waals surface area (Å²) in [5.74, 6) is 1.25. The number of methoxy groups -OCH3 is 1. The van der Waals surface area contributed by atoms with Gasteiger partial charge in [0, 0.05) is 6.54 Å². The van der Waals surface area contributed by atoms with Gasteiger partial charge in [0.2, 0.25) is 0 Å². The highest BCUT2D eigenvalue weighted by molar-refractivity contribution is 5.74. The average Bonchev–Trinajstić information content (AvgIpc) is 2.43. The molecule has 1 atom stereocenters. The van der Waals surface area contributed by atoms with Crippen molar-refractivity contribution in [2.75, 3.05) is 26.9 Å². The number of hydrogen-bond acceptors (Lipinski definition) is 3. The summed E-state index contributed by atoms with van der Waals surface area (Å²) in [7, 11) is 1.56. The molecule has 0 saturated carbocycles. The van der Waals surface area contributed by atoms with Gasteiger partial charge in [-0.05, 0) is 19.1 Å². The molecule has 0 aromatic heterocycles. The molecule has 0 spiro atoms. The van der Waals surface area contributed by atoms with Crippen LogP contribution >= 0.6 is 0 Å². The molecule has 106 valence electrons. The van der Waals surface area contributed by atoms with Crippen molar-refractivity contribution in [1.82, 2.24) is 10.6 Å². The molecule has 1 rings (SSSR count). The Bertz CT molecular complexity index is 401. The molecular weight excluding hydrogens is 251 g/mol. The van der Waals surface area contributed by atoms with Gasteiger partial charge in [0.15, 0.2) is 11.5 Å². The molecule has 1 aromatic carbocycles. The van der Waals surface area contributed by atoms with E-state index in [1.165, 1.54) is 0 Å². The maximum Gasteiger partial charge on any atom is 0.315 e. The monoisotopic (exact) mass is 270 g/mol. The lowest BCUT2D eigenvalue weighted by Gasteiger charge is -2.16.